The van der Waals surface area contributed by atoms with Crippen LogP contribution in [0.4, 0.5) is 0 Å². The number of pyridine rings is 1. The molecule has 0 amide bonds. The molecule has 0 saturated carbocycles. The summed E-state index contributed by atoms with van der Waals surface area (Å²) in [6, 6.07) is 1.80. The van der Waals surface area contributed by atoms with E-state index in [2.05, 4.69) is 22.4 Å². The Morgan fingerprint density at radius 1 is 1.37 bits per heavy atom. The number of hydrogen-bond donors (Lipinski definition) is 2. The standard InChI is InChI=1S/C13H19N5O/c1-3-4-19-12-5-10(6-15-8-12)13(17-14)11-7-16-18(2)9-11/h5-9,13,17H,3-4,14H2,1-2H3. The molecular weight excluding hydrogens is 242 g/mol. The van der Waals surface area contributed by atoms with Crippen molar-refractivity contribution in [3.63, 3.8) is 0 Å². The van der Waals surface area contributed by atoms with Crippen molar-refractivity contribution in [2.24, 2.45) is 12.9 Å². The fraction of sp³-hybridized carbons (Fsp3) is 0.385. The summed E-state index contributed by atoms with van der Waals surface area (Å²) in [6.07, 6.45) is 8.14. The van der Waals surface area contributed by atoms with E-state index in [1.807, 2.05) is 19.3 Å². The molecule has 0 fully saturated rings. The molecule has 1 unspecified atom stereocenters. The Labute approximate surface area is 112 Å². The van der Waals surface area contributed by atoms with Crippen LogP contribution in [0, 0.1) is 0 Å². The molecule has 0 spiro atoms. The molecule has 1 atom stereocenters. The molecule has 0 radical (unpaired) electrons. The number of nitrogens with one attached hydrogen (secondary N) is 1. The summed E-state index contributed by atoms with van der Waals surface area (Å²) in [7, 11) is 1.87. The summed E-state index contributed by atoms with van der Waals surface area (Å²) in [6.45, 7) is 2.75. The summed E-state index contributed by atoms with van der Waals surface area (Å²) in [4.78, 5) is 4.19. The maximum absolute atomic E-state index is 5.64. The first-order chi connectivity index (χ1) is 9.24. The first-order valence-electron chi connectivity index (χ1n) is 6.27. The van der Waals surface area contributed by atoms with E-state index in [0.717, 1.165) is 23.3 Å². The Kier molecular flexibility index (Phi) is 4.48. The molecule has 2 rings (SSSR count). The number of rotatable bonds is 6. The molecule has 6 nitrogen and oxygen atoms in total. The van der Waals surface area contributed by atoms with Gasteiger partial charge >= 0.3 is 0 Å². The van der Waals surface area contributed by atoms with E-state index >= 15 is 0 Å². The third-order valence-corrected chi connectivity index (χ3v) is 2.77. The average Bonchev–Trinajstić information content (AvgIpc) is 2.84. The lowest BCUT2D eigenvalue weighted by atomic mass is 10.0. The van der Waals surface area contributed by atoms with Crippen LogP contribution in [0.3, 0.4) is 0 Å². The normalized spacial score (nSPS) is 12.4. The Morgan fingerprint density at radius 2 is 2.21 bits per heavy atom. The zero-order valence-electron chi connectivity index (χ0n) is 11.2. The van der Waals surface area contributed by atoms with E-state index in [-0.39, 0.29) is 6.04 Å². The van der Waals surface area contributed by atoms with E-state index in [0.29, 0.717) is 6.61 Å². The highest BCUT2D eigenvalue weighted by Crippen LogP contribution is 2.23. The average molecular weight is 261 g/mol. The summed E-state index contributed by atoms with van der Waals surface area (Å²) >= 11 is 0. The van der Waals surface area contributed by atoms with Crippen LogP contribution < -0.4 is 16.0 Å². The van der Waals surface area contributed by atoms with E-state index in [4.69, 9.17) is 10.6 Å². The van der Waals surface area contributed by atoms with Crippen molar-refractivity contribution >= 4 is 0 Å². The summed E-state index contributed by atoms with van der Waals surface area (Å²) < 4.78 is 7.32. The van der Waals surface area contributed by atoms with Gasteiger partial charge in [0, 0.05) is 25.0 Å². The second-order valence-corrected chi connectivity index (χ2v) is 4.35. The molecule has 0 saturated heterocycles. The Hall–Kier alpha value is -1.92. The maximum Gasteiger partial charge on any atom is 0.137 e. The molecule has 6 heteroatoms. The molecule has 0 aliphatic rings. The highest BCUT2D eigenvalue weighted by atomic mass is 16.5. The highest BCUT2D eigenvalue weighted by molar-refractivity contribution is 5.32. The number of ether oxygens (including phenoxy) is 1. The number of nitrogens with two attached hydrogens (primary N) is 1. The molecule has 102 valence electrons. The molecule has 0 aliphatic heterocycles. The molecule has 19 heavy (non-hydrogen) atoms. The Morgan fingerprint density at radius 3 is 2.84 bits per heavy atom. The van der Waals surface area contributed by atoms with Crippen molar-refractivity contribution in [3.8, 4) is 5.75 Å². The number of aromatic nitrogens is 3. The van der Waals surface area contributed by atoms with Crippen LogP contribution in [0.2, 0.25) is 0 Å². The topological polar surface area (TPSA) is 78.0 Å². The lowest BCUT2D eigenvalue weighted by Crippen LogP contribution is -2.28. The van der Waals surface area contributed by atoms with Gasteiger partial charge in [-0.15, -0.1) is 0 Å². The monoisotopic (exact) mass is 261 g/mol. The Balaban J connectivity index is 2.23. The number of hydrogen-bond acceptors (Lipinski definition) is 5. The maximum atomic E-state index is 5.64. The molecule has 0 aliphatic carbocycles. The molecule has 0 bridgehead atoms. The van der Waals surface area contributed by atoms with Gasteiger partial charge in [0.05, 0.1) is 25.0 Å². The zero-order chi connectivity index (χ0) is 13.7. The van der Waals surface area contributed by atoms with Gasteiger partial charge < -0.3 is 4.74 Å². The van der Waals surface area contributed by atoms with Crippen LogP contribution in [-0.4, -0.2) is 21.4 Å². The zero-order valence-corrected chi connectivity index (χ0v) is 11.2. The largest absolute Gasteiger partial charge is 0.492 e. The fourth-order valence-corrected chi connectivity index (χ4v) is 1.87. The first kappa shape index (κ1) is 13.5. The minimum Gasteiger partial charge on any atom is -0.492 e. The van der Waals surface area contributed by atoms with Crippen molar-refractivity contribution in [2.45, 2.75) is 19.4 Å². The van der Waals surface area contributed by atoms with Gasteiger partial charge in [-0.1, -0.05) is 6.92 Å². The number of hydrazine groups is 1. The van der Waals surface area contributed by atoms with Crippen LogP contribution in [-0.2, 0) is 7.05 Å². The molecule has 3 N–H and O–H groups in total. The van der Waals surface area contributed by atoms with E-state index in [1.54, 1.807) is 23.3 Å². The molecule has 2 aromatic heterocycles. The van der Waals surface area contributed by atoms with Crippen LogP contribution in [0.5, 0.6) is 5.75 Å². The smallest absolute Gasteiger partial charge is 0.137 e. The van der Waals surface area contributed by atoms with E-state index < -0.39 is 0 Å². The number of nitrogens with zero attached hydrogens (tertiary/aromatic N) is 3. The summed E-state index contributed by atoms with van der Waals surface area (Å²) in [5, 5.41) is 4.15. The van der Waals surface area contributed by atoms with Crippen molar-refractivity contribution in [2.75, 3.05) is 6.61 Å². The highest BCUT2D eigenvalue weighted by Gasteiger charge is 2.15. The van der Waals surface area contributed by atoms with Gasteiger partial charge in [0.25, 0.3) is 0 Å². The third kappa shape index (κ3) is 3.30. The first-order valence-corrected chi connectivity index (χ1v) is 6.27. The molecular formula is C13H19N5O. The quantitative estimate of drug-likeness (QED) is 0.602. The number of aryl methyl sites for hydroxylation is 1. The predicted molar refractivity (Wildman–Crippen MR) is 72.4 cm³/mol. The molecule has 2 aromatic rings. The van der Waals surface area contributed by atoms with Gasteiger partial charge in [-0.2, -0.15) is 5.10 Å². The summed E-state index contributed by atoms with van der Waals surface area (Å²) in [5.41, 5.74) is 4.72. The summed E-state index contributed by atoms with van der Waals surface area (Å²) in [5.74, 6) is 6.39. The Bertz CT molecular complexity index is 525. The van der Waals surface area contributed by atoms with Gasteiger partial charge in [-0.05, 0) is 18.1 Å². The van der Waals surface area contributed by atoms with Gasteiger partial charge in [0.2, 0.25) is 0 Å². The minimum atomic E-state index is -0.147. The van der Waals surface area contributed by atoms with Crippen LogP contribution in [0.25, 0.3) is 0 Å². The van der Waals surface area contributed by atoms with Crippen molar-refractivity contribution in [1.82, 2.24) is 20.2 Å². The van der Waals surface area contributed by atoms with Gasteiger partial charge in [-0.25, -0.2) is 5.43 Å². The van der Waals surface area contributed by atoms with E-state index in [1.165, 1.54) is 0 Å². The lowest BCUT2D eigenvalue weighted by molar-refractivity contribution is 0.315. The van der Waals surface area contributed by atoms with Crippen LogP contribution >= 0.6 is 0 Å². The third-order valence-electron chi connectivity index (χ3n) is 2.77. The molecule has 2 heterocycles. The molecule has 0 aromatic carbocycles. The minimum absolute atomic E-state index is 0.147. The van der Waals surface area contributed by atoms with Crippen LogP contribution in [0.15, 0.2) is 30.9 Å². The van der Waals surface area contributed by atoms with Gasteiger partial charge in [0.1, 0.15) is 5.75 Å². The van der Waals surface area contributed by atoms with Crippen molar-refractivity contribution in [1.29, 1.82) is 0 Å². The van der Waals surface area contributed by atoms with Crippen molar-refractivity contribution < 1.29 is 4.74 Å². The lowest BCUT2D eigenvalue weighted by Gasteiger charge is -2.15. The fourth-order valence-electron chi connectivity index (χ4n) is 1.87. The second kappa shape index (κ2) is 6.31. The SMILES string of the molecule is CCCOc1cncc(C(NN)c2cnn(C)c2)c1. The van der Waals surface area contributed by atoms with Crippen LogP contribution in [0.1, 0.15) is 30.5 Å². The van der Waals surface area contributed by atoms with Gasteiger partial charge in [0.15, 0.2) is 0 Å². The van der Waals surface area contributed by atoms with Crippen molar-refractivity contribution in [3.05, 3.63) is 42.0 Å². The second-order valence-electron chi connectivity index (χ2n) is 4.35. The van der Waals surface area contributed by atoms with Gasteiger partial charge in [-0.3, -0.25) is 15.5 Å². The predicted octanol–water partition coefficient (Wildman–Crippen LogP) is 1.16. The van der Waals surface area contributed by atoms with E-state index in [9.17, 15) is 0 Å².